The molecule has 0 spiro atoms. The van der Waals surface area contributed by atoms with E-state index in [1.54, 1.807) is 4.57 Å². The van der Waals surface area contributed by atoms with E-state index in [0.29, 0.717) is 18.7 Å². The maximum absolute atomic E-state index is 12.4. The van der Waals surface area contributed by atoms with Crippen molar-refractivity contribution < 1.29 is 4.74 Å². The average molecular weight is 286 g/mol. The van der Waals surface area contributed by atoms with Crippen LogP contribution in [0, 0.1) is 0 Å². The van der Waals surface area contributed by atoms with E-state index in [1.807, 2.05) is 43.3 Å². The molecule has 2 aromatic rings. The molecule has 0 radical (unpaired) electrons. The highest BCUT2D eigenvalue weighted by atomic mass is 16.5. The summed E-state index contributed by atoms with van der Waals surface area (Å²) in [4.78, 5) is 12.4. The van der Waals surface area contributed by atoms with Crippen LogP contribution in [-0.2, 0) is 13.1 Å². The Balaban J connectivity index is 2.55. The van der Waals surface area contributed by atoms with Crippen LogP contribution < -0.4 is 16.0 Å². The maximum atomic E-state index is 12.4. The Bertz CT molecular complexity index is 662. The predicted octanol–water partition coefficient (Wildman–Crippen LogP) is 2.78. The molecule has 112 valence electrons. The van der Waals surface area contributed by atoms with Gasteiger partial charge in [0.1, 0.15) is 5.75 Å². The number of hydrogen-bond acceptors (Lipinski definition) is 3. The van der Waals surface area contributed by atoms with Gasteiger partial charge in [-0.25, -0.2) is 0 Å². The van der Waals surface area contributed by atoms with E-state index in [4.69, 9.17) is 10.5 Å². The van der Waals surface area contributed by atoms with Crippen molar-refractivity contribution in [2.24, 2.45) is 5.73 Å². The fourth-order valence-electron chi connectivity index (χ4n) is 2.39. The van der Waals surface area contributed by atoms with Crippen LogP contribution in [0.2, 0.25) is 0 Å². The zero-order valence-electron chi connectivity index (χ0n) is 12.6. The van der Waals surface area contributed by atoms with E-state index in [1.165, 1.54) is 0 Å². The molecule has 0 saturated heterocycles. The Hall–Kier alpha value is -2.07. The molecule has 0 unspecified atom stereocenters. The molecular weight excluding hydrogens is 264 g/mol. The predicted molar refractivity (Wildman–Crippen MR) is 85.5 cm³/mol. The third-order valence-corrected chi connectivity index (χ3v) is 3.36. The van der Waals surface area contributed by atoms with Crippen molar-refractivity contribution in [1.29, 1.82) is 0 Å². The molecule has 4 nitrogen and oxygen atoms in total. The summed E-state index contributed by atoms with van der Waals surface area (Å²) in [5, 5.41) is 0. The minimum Gasteiger partial charge on any atom is -0.494 e. The zero-order chi connectivity index (χ0) is 15.2. The van der Waals surface area contributed by atoms with Gasteiger partial charge in [-0.15, -0.1) is 0 Å². The highest BCUT2D eigenvalue weighted by Crippen LogP contribution is 2.23. The summed E-state index contributed by atoms with van der Waals surface area (Å²) in [6.45, 7) is 5.58. The summed E-state index contributed by atoms with van der Waals surface area (Å²) in [7, 11) is 0. The van der Waals surface area contributed by atoms with Crippen LogP contribution >= 0.6 is 0 Å². The van der Waals surface area contributed by atoms with Crippen molar-refractivity contribution in [3.05, 3.63) is 52.3 Å². The van der Waals surface area contributed by atoms with Crippen molar-refractivity contribution in [1.82, 2.24) is 4.57 Å². The fourth-order valence-corrected chi connectivity index (χ4v) is 2.39. The lowest BCUT2D eigenvalue weighted by molar-refractivity contribution is 0.340. The quantitative estimate of drug-likeness (QED) is 0.888. The molecule has 0 atom stereocenters. The van der Waals surface area contributed by atoms with Gasteiger partial charge < -0.3 is 15.0 Å². The van der Waals surface area contributed by atoms with Gasteiger partial charge in [0.2, 0.25) is 0 Å². The van der Waals surface area contributed by atoms with Crippen LogP contribution in [0.4, 0.5) is 0 Å². The smallest absolute Gasteiger partial charge is 0.255 e. The van der Waals surface area contributed by atoms with E-state index >= 15 is 0 Å². The second-order valence-corrected chi connectivity index (χ2v) is 4.87. The first-order valence-corrected chi connectivity index (χ1v) is 7.37. The number of nitrogens with two attached hydrogens (primary N) is 1. The van der Waals surface area contributed by atoms with Gasteiger partial charge in [0.25, 0.3) is 5.56 Å². The standard InChI is InChI=1S/C17H22N2O2/c1-3-10-19-16(9-8-14(12-18)17(19)20)13-6-5-7-15(11-13)21-4-2/h5-9,11H,3-4,10,12,18H2,1-2H3. The number of benzene rings is 1. The summed E-state index contributed by atoms with van der Waals surface area (Å²) in [5.74, 6) is 0.813. The molecule has 2 N–H and O–H groups in total. The molecule has 0 fully saturated rings. The molecule has 0 aliphatic carbocycles. The van der Waals surface area contributed by atoms with Crippen molar-refractivity contribution >= 4 is 0 Å². The van der Waals surface area contributed by atoms with Gasteiger partial charge in [0.05, 0.1) is 12.3 Å². The van der Waals surface area contributed by atoms with Gasteiger partial charge in [-0.1, -0.05) is 25.1 Å². The largest absolute Gasteiger partial charge is 0.494 e. The van der Waals surface area contributed by atoms with Crippen molar-refractivity contribution in [3.8, 4) is 17.0 Å². The third kappa shape index (κ3) is 3.34. The summed E-state index contributed by atoms with van der Waals surface area (Å²) >= 11 is 0. The van der Waals surface area contributed by atoms with E-state index < -0.39 is 0 Å². The molecule has 21 heavy (non-hydrogen) atoms. The summed E-state index contributed by atoms with van der Waals surface area (Å²) in [5.41, 5.74) is 8.16. The number of ether oxygens (including phenoxy) is 1. The molecule has 1 heterocycles. The molecular formula is C17H22N2O2. The van der Waals surface area contributed by atoms with Gasteiger partial charge >= 0.3 is 0 Å². The first-order valence-electron chi connectivity index (χ1n) is 7.37. The normalized spacial score (nSPS) is 10.6. The summed E-state index contributed by atoms with van der Waals surface area (Å²) < 4.78 is 7.33. The van der Waals surface area contributed by atoms with Crippen molar-refractivity contribution in [2.45, 2.75) is 33.4 Å². The number of rotatable bonds is 6. The Morgan fingerprint density at radius 1 is 1.19 bits per heavy atom. The van der Waals surface area contributed by atoms with Gasteiger partial charge in [-0.3, -0.25) is 4.79 Å². The molecule has 0 amide bonds. The van der Waals surface area contributed by atoms with Crippen LogP contribution in [0.15, 0.2) is 41.2 Å². The Labute approximate surface area is 125 Å². The Morgan fingerprint density at radius 2 is 2.00 bits per heavy atom. The topological polar surface area (TPSA) is 57.2 Å². The lowest BCUT2D eigenvalue weighted by Gasteiger charge is -2.14. The molecule has 0 aliphatic heterocycles. The molecule has 0 saturated carbocycles. The minimum absolute atomic E-state index is 0.00124. The maximum Gasteiger partial charge on any atom is 0.255 e. The van der Waals surface area contributed by atoms with Crippen molar-refractivity contribution in [3.63, 3.8) is 0 Å². The lowest BCUT2D eigenvalue weighted by Crippen LogP contribution is -2.26. The molecule has 1 aromatic heterocycles. The minimum atomic E-state index is -0.00124. The second-order valence-electron chi connectivity index (χ2n) is 4.87. The third-order valence-electron chi connectivity index (χ3n) is 3.36. The van der Waals surface area contributed by atoms with Crippen LogP contribution in [-0.4, -0.2) is 11.2 Å². The highest BCUT2D eigenvalue weighted by Gasteiger charge is 2.10. The van der Waals surface area contributed by atoms with Gasteiger partial charge in [0, 0.05) is 24.2 Å². The van der Waals surface area contributed by atoms with Gasteiger partial charge in [0.15, 0.2) is 0 Å². The second kappa shape index (κ2) is 7.09. The van der Waals surface area contributed by atoms with Crippen LogP contribution in [0.3, 0.4) is 0 Å². The van der Waals surface area contributed by atoms with E-state index in [2.05, 4.69) is 6.92 Å². The number of nitrogens with zero attached hydrogens (tertiary/aromatic N) is 1. The van der Waals surface area contributed by atoms with Gasteiger partial charge in [-0.05, 0) is 31.5 Å². The van der Waals surface area contributed by atoms with Gasteiger partial charge in [-0.2, -0.15) is 0 Å². The zero-order valence-corrected chi connectivity index (χ0v) is 12.6. The highest BCUT2D eigenvalue weighted by molar-refractivity contribution is 5.62. The molecule has 2 rings (SSSR count). The lowest BCUT2D eigenvalue weighted by atomic mass is 10.1. The van der Waals surface area contributed by atoms with E-state index in [9.17, 15) is 4.79 Å². The first kappa shape index (κ1) is 15.3. The molecule has 0 bridgehead atoms. The molecule has 4 heteroatoms. The summed E-state index contributed by atoms with van der Waals surface area (Å²) in [6.07, 6.45) is 0.895. The Kier molecular flexibility index (Phi) is 5.17. The van der Waals surface area contributed by atoms with Crippen LogP contribution in [0.5, 0.6) is 5.75 Å². The SMILES string of the molecule is CCCn1c(-c2cccc(OCC)c2)ccc(CN)c1=O. The Morgan fingerprint density at radius 3 is 2.67 bits per heavy atom. The van der Waals surface area contributed by atoms with Crippen molar-refractivity contribution in [2.75, 3.05) is 6.61 Å². The molecule has 1 aromatic carbocycles. The number of aromatic nitrogens is 1. The van der Waals surface area contributed by atoms with Crippen LogP contribution in [0.1, 0.15) is 25.8 Å². The average Bonchev–Trinajstić information content (AvgIpc) is 2.50. The van der Waals surface area contributed by atoms with E-state index in [0.717, 1.165) is 23.4 Å². The van der Waals surface area contributed by atoms with E-state index in [-0.39, 0.29) is 12.1 Å². The fraction of sp³-hybridized carbons (Fsp3) is 0.353. The monoisotopic (exact) mass is 286 g/mol. The first-order chi connectivity index (χ1) is 10.2. The number of hydrogen-bond donors (Lipinski definition) is 1. The summed E-state index contributed by atoms with van der Waals surface area (Å²) in [6, 6.07) is 11.6. The number of pyridine rings is 1. The van der Waals surface area contributed by atoms with Crippen LogP contribution in [0.25, 0.3) is 11.3 Å². The molecule has 0 aliphatic rings.